The minimum absolute atomic E-state index is 0.247. The molecular weight excluding hydrogens is 504 g/mol. The van der Waals surface area contributed by atoms with Gasteiger partial charge < -0.3 is 39.0 Å². The minimum atomic E-state index is -2.07. The first-order valence-corrected chi connectivity index (χ1v) is 12.3. The van der Waals surface area contributed by atoms with Gasteiger partial charge in [0.05, 0.1) is 5.60 Å². The van der Waals surface area contributed by atoms with Crippen molar-refractivity contribution in [2.75, 3.05) is 0 Å². The van der Waals surface area contributed by atoms with E-state index in [1.165, 1.54) is 45.9 Å². The largest absolute Gasteiger partial charge is 0.459 e. The van der Waals surface area contributed by atoms with E-state index in [4.69, 9.17) is 23.7 Å². The quantitative estimate of drug-likeness (QED) is 0.188. The number of aliphatic hydroxyl groups excluding tert-OH is 2. The summed E-state index contributed by atoms with van der Waals surface area (Å²) in [6.45, 7) is 9.23. The highest BCUT2D eigenvalue weighted by Gasteiger charge is 2.87. The Morgan fingerprint density at radius 2 is 1.50 bits per heavy atom. The molecule has 0 saturated carbocycles. The van der Waals surface area contributed by atoms with Crippen molar-refractivity contribution in [1.82, 2.24) is 0 Å². The molecule has 0 aromatic rings. The normalized spacial score (nSPS) is 48.7. The van der Waals surface area contributed by atoms with Gasteiger partial charge in [-0.3, -0.25) is 14.4 Å². The maximum Gasteiger partial charge on any atom is 0.342 e. The van der Waals surface area contributed by atoms with Crippen molar-refractivity contribution in [3.05, 3.63) is 23.8 Å². The Morgan fingerprint density at radius 3 is 2.03 bits per heavy atom. The predicted octanol–water partition coefficient (Wildman–Crippen LogP) is -0.140. The zero-order chi connectivity index (χ0) is 28.6. The van der Waals surface area contributed by atoms with Crippen molar-refractivity contribution in [2.45, 2.75) is 102 Å². The van der Waals surface area contributed by atoms with Crippen molar-refractivity contribution >= 4 is 23.9 Å². The number of epoxide rings is 1. The van der Waals surface area contributed by atoms with E-state index < -0.39 is 88.6 Å². The van der Waals surface area contributed by atoms with Crippen molar-refractivity contribution in [3.8, 4) is 0 Å². The van der Waals surface area contributed by atoms with Gasteiger partial charge in [-0.05, 0) is 32.4 Å². The number of ether oxygens (including phenoxy) is 5. The number of hydrogen-bond donors (Lipinski definition) is 3. The van der Waals surface area contributed by atoms with Gasteiger partial charge in [-0.2, -0.15) is 0 Å². The summed E-state index contributed by atoms with van der Waals surface area (Å²) in [5.41, 5.74) is -6.67. The number of fused-ring (bicyclic) bond motifs is 1. The second-order valence-corrected chi connectivity index (χ2v) is 11.1. The third-order valence-corrected chi connectivity index (χ3v) is 8.36. The van der Waals surface area contributed by atoms with Gasteiger partial charge in [-0.15, -0.1) is 0 Å². The van der Waals surface area contributed by atoms with Crippen molar-refractivity contribution in [2.24, 2.45) is 11.3 Å². The monoisotopic (exact) mass is 538 g/mol. The molecule has 3 N–H and O–H groups in total. The first-order valence-electron chi connectivity index (χ1n) is 12.3. The highest BCUT2D eigenvalue weighted by molar-refractivity contribution is 5.89. The average Bonchev–Trinajstić information content (AvgIpc) is 3.38. The number of rotatable bonds is 3. The molecule has 12 nitrogen and oxygen atoms in total. The Kier molecular flexibility index (Phi) is 6.58. The summed E-state index contributed by atoms with van der Waals surface area (Å²) in [6, 6.07) is 0. The van der Waals surface area contributed by atoms with E-state index in [-0.39, 0.29) is 5.57 Å². The van der Waals surface area contributed by atoms with Crippen molar-refractivity contribution in [3.63, 3.8) is 0 Å². The fourth-order valence-electron chi connectivity index (χ4n) is 6.55. The van der Waals surface area contributed by atoms with Crippen molar-refractivity contribution in [1.29, 1.82) is 0 Å². The molecule has 38 heavy (non-hydrogen) atoms. The first-order chi connectivity index (χ1) is 17.4. The topological polar surface area (TPSA) is 178 Å². The molecule has 4 aliphatic rings. The van der Waals surface area contributed by atoms with Gasteiger partial charge in [0.15, 0.2) is 23.4 Å². The lowest BCUT2D eigenvalue weighted by Gasteiger charge is -2.55. The summed E-state index contributed by atoms with van der Waals surface area (Å²) < 4.78 is 28.5. The molecule has 12 heteroatoms. The number of carbonyl (C=O) groups excluding carboxylic acids is 4. The Morgan fingerprint density at radius 1 is 0.947 bits per heavy atom. The van der Waals surface area contributed by atoms with Gasteiger partial charge in [-0.25, -0.2) is 4.79 Å². The second kappa shape index (κ2) is 8.87. The van der Waals surface area contributed by atoms with E-state index in [0.29, 0.717) is 0 Å². The van der Waals surface area contributed by atoms with E-state index in [2.05, 4.69) is 0 Å². The lowest BCUT2D eigenvalue weighted by Crippen LogP contribution is -2.68. The van der Waals surface area contributed by atoms with Crippen LogP contribution in [0.15, 0.2) is 23.8 Å². The molecule has 0 radical (unpaired) electrons. The van der Waals surface area contributed by atoms with Crippen LogP contribution in [-0.4, -0.2) is 92.6 Å². The summed E-state index contributed by atoms with van der Waals surface area (Å²) >= 11 is 0. The molecule has 1 unspecified atom stereocenters. The Bertz CT molecular complexity index is 1130. The lowest BCUT2D eigenvalue weighted by atomic mass is 9.55. The van der Waals surface area contributed by atoms with E-state index in [9.17, 15) is 34.5 Å². The van der Waals surface area contributed by atoms with Crippen LogP contribution >= 0.6 is 0 Å². The molecule has 4 rings (SSSR count). The Labute approximate surface area is 219 Å². The summed E-state index contributed by atoms with van der Waals surface area (Å²) in [5, 5.41) is 34.3. The number of hydrogen-bond acceptors (Lipinski definition) is 12. The second-order valence-electron chi connectivity index (χ2n) is 11.1. The Hall–Kier alpha value is -2.80. The molecule has 0 aromatic carbocycles. The van der Waals surface area contributed by atoms with Gasteiger partial charge in [0, 0.05) is 32.1 Å². The smallest absolute Gasteiger partial charge is 0.342 e. The standard InChI is InChI=1S/C26H34O12/c1-11-10-16-26(25(7,38-26)22(32)37-16)21(36-14(4)29)19-23(5,9-8-15(30)24(19,6)33)20(35-13(3)28)17(31)18(11)34-12(2)27/h8-10,15-21,30-31,33H,1-7H3/b11-10-/t15-,16+,17-,18+,19-,20+,21-,23+,24-,25?,26+/m1/s1. The molecule has 0 amide bonds. The first kappa shape index (κ1) is 28.2. The van der Waals surface area contributed by atoms with Crippen LogP contribution < -0.4 is 0 Å². The maximum atomic E-state index is 13.0. The molecule has 2 heterocycles. The summed E-state index contributed by atoms with van der Waals surface area (Å²) in [5.74, 6) is -4.41. The van der Waals surface area contributed by atoms with Crippen molar-refractivity contribution < 1.29 is 58.2 Å². The van der Waals surface area contributed by atoms with Crippen LogP contribution in [0.3, 0.4) is 0 Å². The molecule has 210 valence electrons. The van der Waals surface area contributed by atoms with Gasteiger partial charge in [0.2, 0.25) is 0 Å². The number of aliphatic hydroxyl groups is 3. The molecule has 2 fully saturated rings. The summed E-state index contributed by atoms with van der Waals surface area (Å²) in [4.78, 5) is 49.8. The van der Waals surface area contributed by atoms with Crippen LogP contribution in [0.25, 0.3) is 0 Å². The van der Waals surface area contributed by atoms with E-state index in [0.717, 1.165) is 20.8 Å². The minimum Gasteiger partial charge on any atom is -0.459 e. The number of esters is 4. The molecule has 2 saturated heterocycles. The maximum absolute atomic E-state index is 13.0. The van der Waals surface area contributed by atoms with Gasteiger partial charge in [0.25, 0.3) is 0 Å². The van der Waals surface area contributed by atoms with Gasteiger partial charge in [0.1, 0.15) is 24.4 Å². The third-order valence-electron chi connectivity index (χ3n) is 8.36. The predicted molar refractivity (Wildman–Crippen MR) is 126 cm³/mol. The van der Waals surface area contributed by atoms with Crippen LogP contribution in [0.1, 0.15) is 48.5 Å². The van der Waals surface area contributed by atoms with Gasteiger partial charge >= 0.3 is 23.9 Å². The molecule has 1 spiro atoms. The highest BCUT2D eigenvalue weighted by Crippen LogP contribution is 2.65. The molecular formula is C26H34O12. The SMILES string of the molecule is CC(=O)O[C@@H]1[C@H]2[C@](C)(O)[C@H](O)C=C[C@]2(C)[C@@H](OC(C)=O)[C@H](O)[C@@H](OC(C)=O)/C(C)=C\[C@@H]2OC(=O)C3(C)O[C@@]213. The summed E-state index contributed by atoms with van der Waals surface area (Å²) in [7, 11) is 0. The lowest BCUT2D eigenvalue weighted by molar-refractivity contribution is -0.226. The van der Waals surface area contributed by atoms with Gasteiger partial charge in [-0.1, -0.05) is 19.1 Å². The highest BCUT2D eigenvalue weighted by atomic mass is 16.7. The third kappa shape index (κ3) is 3.88. The molecule has 0 aromatic heterocycles. The van der Waals surface area contributed by atoms with Crippen LogP contribution in [0.5, 0.6) is 0 Å². The van der Waals surface area contributed by atoms with Crippen LogP contribution in [0.4, 0.5) is 0 Å². The van der Waals surface area contributed by atoms with E-state index in [1.807, 2.05) is 0 Å². The Balaban J connectivity index is 2.07. The zero-order valence-corrected chi connectivity index (χ0v) is 22.3. The molecule has 11 atom stereocenters. The van der Waals surface area contributed by atoms with Crippen LogP contribution in [-0.2, 0) is 42.9 Å². The molecule has 0 bridgehead atoms. The number of carbonyl (C=O) groups is 4. The fraction of sp³-hybridized carbons (Fsp3) is 0.692. The van der Waals surface area contributed by atoms with Crippen LogP contribution in [0, 0.1) is 11.3 Å². The van der Waals surface area contributed by atoms with E-state index >= 15 is 0 Å². The zero-order valence-electron chi connectivity index (χ0n) is 22.3. The molecule has 2 aliphatic carbocycles. The average molecular weight is 539 g/mol. The van der Waals surface area contributed by atoms with E-state index in [1.54, 1.807) is 0 Å². The summed E-state index contributed by atoms with van der Waals surface area (Å²) in [6.07, 6.45) is -4.55. The van der Waals surface area contributed by atoms with Crippen LogP contribution in [0.2, 0.25) is 0 Å². The molecule has 2 aliphatic heterocycles. The fourth-order valence-corrected chi connectivity index (χ4v) is 6.55.